The van der Waals surface area contributed by atoms with Gasteiger partial charge in [0.2, 0.25) is 0 Å². The topological polar surface area (TPSA) is 44.8 Å². The molecule has 0 saturated carbocycles. The molecule has 0 N–H and O–H groups in total. The van der Waals surface area contributed by atoms with Gasteiger partial charge in [-0.2, -0.15) is 0 Å². The molecule has 0 bridgehead atoms. The summed E-state index contributed by atoms with van der Waals surface area (Å²) in [4.78, 5) is 11.0. The highest BCUT2D eigenvalue weighted by molar-refractivity contribution is 5.86. The van der Waals surface area contributed by atoms with Crippen LogP contribution in [-0.2, 0) is 19.0 Å². The summed E-state index contributed by atoms with van der Waals surface area (Å²) in [5.41, 5.74) is 0.434. The van der Waals surface area contributed by atoms with Crippen molar-refractivity contribution in [1.29, 1.82) is 0 Å². The summed E-state index contributed by atoms with van der Waals surface area (Å²) in [5.74, 6) is -0.329. The van der Waals surface area contributed by atoms with Crippen LogP contribution < -0.4 is 0 Å². The van der Waals surface area contributed by atoms with E-state index in [2.05, 4.69) is 13.5 Å². The van der Waals surface area contributed by atoms with E-state index in [4.69, 9.17) is 14.2 Å². The Balaban J connectivity index is 3.07. The van der Waals surface area contributed by atoms with Crippen LogP contribution in [0.15, 0.2) is 12.2 Å². The summed E-state index contributed by atoms with van der Waals surface area (Å²) in [6.07, 6.45) is 5.09. The Morgan fingerprint density at radius 2 is 1.42 bits per heavy atom. The zero-order valence-electron chi connectivity index (χ0n) is 12.4. The van der Waals surface area contributed by atoms with Crippen molar-refractivity contribution in [3.63, 3.8) is 0 Å². The van der Waals surface area contributed by atoms with Crippen molar-refractivity contribution < 1.29 is 19.0 Å². The van der Waals surface area contributed by atoms with Gasteiger partial charge in [-0.1, -0.05) is 19.9 Å². The smallest absolute Gasteiger partial charge is 0.333 e. The number of hydrogen-bond acceptors (Lipinski definition) is 4. The van der Waals surface area contributed by atoms with E-state index in [1.807, 2.05) is 0 Å². The second-order valence-corrected chi connectivity index (χ2v) is 4.56. The maximum atomic E-state index is 11.0. The average molecular weight is 272 g/mol. The first-order chi connectivity index (χ1) is 9.18. The van der Waals surface area contributed by atoms with Gasteiger partial charge in [0.15, 0.2) is 0 Å². The van der Waals surface area contributed by atoms with Crippen molar-refractivity contribution in [1.82, 2.24) is 0 Å². The van der Waals surface area contributed by atoms with Crippen LogP contribution in [0.25, 0.3) is 0 Å². The Morgan fingerprint density at radius 1 is 0.895 bits per heavy atom. The number of carbonyl (C=O) groups is 1. The first-order valence-electron chi connectivity index (χ1n) is 7.16. The summed E-state index contributed by atoms with van der Waals surface area (Å²) in [6, 6.07) is 0. The Kier molecular flexibility index (Phi) is 12.9. The summed E-state index contributed by atoms with van der Waals surface area (Å²) < 4.78 is 15.8. The SMILES string of the molecule is C=C(C)C(=O)OCCCOCCCCOCCCC. The van der Waals surface area contributed by atoms with E-state index in [9.17, 15) is 4.79 Å². The summed E-state index contributed by atoms with van der Waals surface area (Å²) in [6.45, 7) is 10.8. The van der Waals surface area contributed by atoms with Crippen LogP contribution in [0.2, 0.25) is 0 Å². The third-order valence-electron chi connectivity index (χ3n) is 2.48. The third-order valence-corrected chi connectivity index (χ3v) is 2.48. The van der Waals surface area contributed by atoms with Crippen molar-refractivity contribution in [2.24, 2.45) is 0 Å². The minimum atomic E-state index is -0.329. The zero-order valence-corrected chi connectivity index (χ0v) is 12.4. The molecular weight excluding hydrogens is 244 g/mol. The predicted molar refractivity (Wildman–Crippen MR) is 76.2 cm³/mol. The molecule has 0 aromatic rings. The molecule has 0 rings (SSSR count). The number of unbranched alkanes of at least 4 members (excludes halogenated alkanes) is 2. The zero-order chi connectivity index (χ0) is 14.3. The molecule has 0 amide bonds. The standard InChI is InChI=1S/C15H28O4/c1-4-5-9-17-10-6-7-11-18-12-8-13-19-15(16)14(2)3/h2,4-13H2,1,3H3. The number of carbonyl (C=O) groups excluding carboxylic acids is 1. The molecule has 0 spiro atoms. The van der Waals surface area contributed by atoms with Crippen LogP contribution in [0, 0.1) is 0 Å². The van der Waals surface area contributed by atoms with Gasteiger partial charge >= 0.3 is 5.97 Å². The van der Waals surface area contributed by atoms with Gasteiger partial charge in [-0.25, -0.2) is 4.79 Å². The summed E-state index contributed by atoms with van der Waals surface area (Å²) >= 11 is 0. The van der Waals surface area contributed by atoms with Crippen molar-refractivity contribution in [3.05, 3.63) is 12.2 Å². The third kappa shape index (κ3) is 13.4. The number of rotatable bonds is 13. The van der Waals surface area contributed by atoms with Gasteiger partial charge in [-0.3, -0.25) is 0 Å². The molecule has 0 radical (unpaired) electrons. The maximum absolute atomic E-state index is 11.0. The highest BCUT2D eigenvalue weighted by Crippen LogP contribution is 1.96. The largest absolute Gasteiger partial charge is 0.462 e. The minimum absolute atomic E-state index is 0.329. The number of hydrogen-bond donors (Lipinski definition) is 0. The molecule has 0 atom stereocenters. The normalized spacial score (nSPS) is 10.4. The van der Waals surface area contributed by atoms with Gasteiger partial charge in [-0.15, -0.1) is 0 Å². The molecule has 4 nitrogen and oxygen atoms in total. The van der Waals surface area contributed by atoms with Crippen LogP contribution >= 0.6 is 0 Å². The molecule has 0 fully saturated rings. The van der Waals surface area contributed by atoms with E-state index >= 15 is 0 Å². The molecule has 0 aliphatic rings. The predicted octanol–water partition coefficient (Wildman–Crippen LogP) is 3.11. The van der Waals surface area contributed by atoms with Crippen molar-refractivity contribution in [3.8, 4) is 0 Å². The second-order valence-electron chi connectivity index (χ2n) is 4.56. The van der Waals surface area contributed by atoms with E-state index in [0.717, 1.165) is 45.5 Å². The van der Waals surface area contributed by atoms with Gasteiger partial charge < -0.3 is 14.2 Å². The van der Waals surface area contributed by atoms with Gasteiger partial charge in [0.1, 0.15) is 0 Å². The lowest BCUT2D eigenvalue weighted by atomic mass is 10.3. The van der Waals surface area contributed by atoms with Crippen molar-refractivity contribution in [2.75, 3.05) is 33.0 Å². The van der Waals surface area contributed by atoms with Crippen molar-refractivity contribution >= 4 is 5.97 Å². The fraction of sp³-hybridized carbons (Fsp3) is 0.800. The van der Waals surface area contributed by atoms with E-state index in [0.29, 0.717) is 18.8 Å². The van der Waals surface area contributed by atoms with E-state index in [1.54, 1.807) is 6.92 Å². The molecule has 0 unspecified atom stereocenters. The lowest BCUT2D eigenvalue weighted by Gasteiger charge is -2.06. The molecule has 0 aliphatic carbocycles. The molecule has 19 heavy (non-hydrogen) atoms. The molecule has 112 valence electrons. The molecule has 0 aromatic carbocycles. The number of esters is 1. The van der Waals surface area contributed by atoms with Crippen LogP contribution in [0.1, 0.15) is 46.0 Å². The van der Waals surface area contributed by atoms with Gasteiger partial charge in [0.05, 0.1) is 6.61 Å². The highest BCUT2D eigenvalue weighted by Gasteiger charge is 2.01. The molecule has 0 aromatic heterocycles. The fourth-order valence-corrected chi connectivity index (χ4v) is 1.31. The average Bonchev–Trinajstić information content (AvgIpc) is 2.39. The van der Waals surface area contributed by atoms with E-state index < -0.39 is 0 Å². The van der Waals surface area contributed by atoms with Crippen LogP contribution in [0.4, 0.5) is 0 Å². The number of ether oxygens (including phenoxy) is 3. The van der Waals surface area contributed by atoms with E-state index in [1.165, 1.54) is 6.42 Å². The highest BCUT2D eigenvalue weighted by atomic mass is 16.5. The molecular formula is C15H28O4. The summed E-state index contributed by atoms with van der Waals surface area (Å²) in [5, 5.41) is 0. The maximum Gasteiger partial charge on any atom is 0.333 e. The van der Waals surface area contributed by atoms with Gasteiger partial charge in [0, 0.05) is 38.4 Å². The van der Waals surface area contributed by atoms with Crippen molar-refractivity contribution in [2.45, 2.75) is 46.0 Å². The van der Waals surface area contributed by atoms with Gasteiger partial charge in [-0.05, 0) is 26.2 Å². The first-order valence-corrected chi connectivity index (χ1v) is 7.16. The lowest BCUT2D eigenvalue weighted by Crippen LogP contribution is -2.08. The molecule has 0 saturated heterocycles. The van der Waals surface area contributed by atoms with Crippen LogP contribution in [0.5, 0.6) is 0 Å². The van der Waals surface area contributed by atoms with Gasteiger partial charge in [0.25, 0.3) is 0 Å². The first kappa shape index (κ1) is 18.1. The molecule has 0 aliphatic heterocycles. The quantitative estimate of drug-likeness (QED) is 0.293. The van der Waals surface area contributed by atoms with Crippen LogP contribution in [-0.4, -0.2) is 39.0 Å². The molecule has 0 heterocycles. The Hall–Kier alpha value is -0.870. The summed E-state index contributed by atoms with van der Waals surface area (Å²) in [7, 11) is 0. The second kappa shape index (κ2) is 13.6. The lowest BCUT2D eigenvalue weighted by molar-refractivity contribution is -0.139. The minimum Gasteiger partial charge on any atom is -0.462 e. The Bertz CT molecular complexity index is 238. The Labute approximate surface area is 117 Å². The monoisotopic (exact) mass is 272 g/mol. The van der Waals surface area contributed by atoms with E-state index in [-0.39, 0.29) is 5.97 Å². The van der Waals surface area contributed by atoms with Crippen LogP contribution in [0.3, 0.4) is 0 Å². The molecule has 4 heteroatoms. The Morgan fingerprint density at radius 3 is 1.95 bits per heavy atom. The fourth-order valence-electron chi connectivity index (χ4n) is 1.31.